The van der Waals surface area contributed by atoms with E-state index < -0.39 is 0 Å². The van der Waals surface area contributed by atoms with Crippen molar-refractivity contribution in [3.05, 3.63) is 59.8 Å². The van der Waals surface area contributed by atoms with Crippen molar-refractivity contribution >= 4 is 22.5 Å². The third-order valence-corrected chi connectivity index (χ3v) is 3.99. The molecule has 0 saturated heterocycles. The Bertz CT molecular complexity index is 866. The van der Waals surface area contributed by atoms with Gasteiger partial charge in [-0.05, 0) is 42.8 Å². The summed E-state index contributed by atoms with van der Waals surface area (Å²) in [6.07, 6.45) is 2.93. The molecule has 1 unspecified atom stereocenters. The van der Waals surface area contributed by atoms with Gasteiger partial charge in [0, 0.05) is 23.7 Å². The van der Waals surface area contributed by atoms with E-state index in [1.165, 1.54) is 0 Å². The maximum Gasteiger partial charge on any atom is 0.257 e. The van der Waals surface area contributed by atoms with Gasteiger partial charge in [-0.1, -0.05) is 12.1 Å². The summed E-state index contributed by atoms with van der Waals surface area (Å²) >= 11 is 0. The summed E-state index contributed by atoms with van der Waals surface area (Å²) in [7, 11) is 0. The standard InChI is InChI=1S/C18H16N2O2/c1-11-9-13-10-14(5-6-16(13)22-11)20-18(21)15-4-2-3-12-7-8-19-17(12)15/h2-8,10-11,19H,9H2,1H3,(H,20,21). The van der Waals surface area contributed by atoms with E-state index in [1.54, 1.807) is 0 Å². The molecule has 22 heavy (non-hydrogen) atoms. The van der Waals surface area contributed by atoms with Crippen molar-refractivity contribution in [3.63, 3.8) is 0 Å². The molecular formula is C18H16N2O2. The summed E-state index contributed by atoms with van der Waals surface area (Å²) in [5.74, 6) is 0.803. The van der Waals surface area contributed by atoms with E-state index in [1.807, 2.05) is 55.6 Å². The second kappa shape index (κ2) is 4.91. The predicted molar refractivity (Wildman–Crippen MR) is 86.5 cm³/mol. The quantitative estimate of drug-likeness (QED) is 0.756. The van der Waals surface area contributed by atoms with Gasteiger partial charge in [-0.25, -0.2) is 0 Å². The van der Waals surface area contributed by atoms with Gasteiger partial charge >= 0.3 is 0 Å². The second-order valence-electron chi connectivity index (χ2n) is 5.66. The molecule has 1 atom stereocenters. The number of H-pyrrole nitrogens is 1. The number of ether oxygens (including phenoxy) is 1. The molecule has 0 fully saturated rings. The molecule has 4 rings (SSSR count). The van der Waals surface area contributed by atoms with Gasteiger partial charge in [-0.3, -0.25) is 4.79 Å². The van der Waals surface area contributed by atoms with Gasteiger partial charge in [0.25, 0.3) is 5.91 Å². The minimum atomic E-state index is -0.111. The van der Waals surface area contributed by atoms with Crippen LogP contribution < -0.4 is 10.1 Å². The van der Waals surface area contributed by atoms with Crippen molar-refractivity contribution in [2.45, 2.75) is 19.4 Å². The average Bonchev–Trinajstić information content (AvgIpc) is 3.11. The zero-order valence-electron chi connectivity index (χ0n) is 12.2. The molecule has 1 aromatic heterocycles. The number of aromatic amines is 1. The number of hydrogen-bond donors (Lipinski definition) is 2. The number of carbonyl (C=O) groups excluding carboxylic acids is 1. The number of aromatic nitrogens is 1. The summed E-state index contributed by atoms with van der Waals surface area (Å²) in [5, 5.41) is 4.00. The lowest BCUT2D eigenvalue weighted by Gasteiger charge is -2.08. The predicted octanol–water partition coefficient (Wildman–Crippen LogP) is 3.74. The molecule has 0 saturated carbocycles. The highest BCUT2D eigenvalue weighted by molar-refractivity contribution is 6.12. The van der Waals surface area contributed by atoms with E-state index in [9.17, 15) is 4.79 Å². The molecule has 0 radical (unpaired) electrons. The Hall–Kier alpha value is -2.75. The van der Waals surface area contributed by atoms with Crippen LogP contribution in [0.2, 0.25) is 0 Å². The van der Waals surface area contributed by atoms with Crippen LogP contribution in [0, 0.1) is 0 Å². The molecule has 1 aliphatic rings. The van der Waals surface area contributed by atoms with Crippen LogP contribution in [0.15, 0.2) is 48.7 Å². The van der Waals surface area contributed by atoms with E-state index in [0.717, 1.165) is 34.3 Å². The first kappa shape index (κ1) is 13.0. The normalized spacial score (nSPS) is 16.3. The number of nitrogens with one attached hydrogen (secondary N) is 2. The Kier molecular flexibility index (Phi) is 2.89. The lowest BCUT2D eigenvalue weighted by Crippen LogP contribution is -2.12. The van der Waals surface area contributed by atoms with Gasteiger partial charge < -0.3 is 15.0 Å². The number of benzene rings is 2. The molecular weight excluding hydrogens is 276 g/mol. The summed E-state index contributed by atoms with van der Waals surface area (Å²) in [4.78, 5) is 15.6. The molecule has 0 aliphatic carbocycles. The van der Waals surface area contributed by atoms with Crippen LogP contribution in [0.25, 0.3) is 10.9 Å². The summed E-state index contributed by atoms with van der Waals surface area (Å²) < 4.78 is 5.68. The number of fused-ring (bicyclic) bond motifs is 2. The molecule has 2 heterocycles. The fourth-order valence-electron chi connectivity index (χ4n) is 2.97. The van der Waals surface area contributed by atoms with E-state index in [2.05, 4.69) is 10.3 Å². The van der Waals surface area contributed by atoms with Crippen LogP contribution >= 0.6 is 0 Å². The topological polar surface area (TPSA) is 54.1 Å². The molecule has 3 aromatic rings. The van der Waals surface area contributed by atoms with Crippen LogP contribution in [-0.4, -0.2) is 17.0 Å². The van der Waals surface area contributed by atoms with Crippen LogP contribution in [0.1, 0.15) is 22.8 Å². The molecule has 0 spiro atoms. The van der Waals surface area contributed by atoms with Crippen LogP contribution in [0.4, 0.5) is 5.69 Å². The molecule has 0 bridgehead atoms. The first-order chi connectivity index (χ1) is 10.7. The number of rotatable bonds is 2. The molecule has 4 nitrogen and oxygen atoms in total. The summed E-state index contributed by atoms with van der Waals surface area (Å²) in [5.41, 5.74) is 3.44. The number of anilines is 1. The second-order valence-corrected chi connectivity index (χ2v) is 5.66. The smallest absolute Gasteiger partial charge is 0.257 e. The average molecular weight is 292 g/mol. The zero-order chi connectivity index (χ0) is 15.1. The highest BCUT2D eigenvalue weighted by Gasteiger charge is 2.19. The van der Waals surface area contributed by atoms with Crippen molar-refractivity contribution in [2.24, 2.45) is 0 Å². The van der Waals surface area contributed by atoms with Crippen molar-refractivity contribution < 1.29 is 9.53 Å². The lowest BCUT2D eigenvalue weighted by atomic mass is 10.1. The van der Waals surface area contributed by atoms with Crippen molar-refractivity contribution in [1.29, 1.82) is 0 Å². The Morgan fingerprint density at radius 2 is 2.18 bits per heavy atom. The fraction of sp³-hybridized carbons (Fsp3) is 0.167. The number of amides is 1. The summed E-state index contributed by atoms with van der Waals surface area (Å²) in [6, 6.07) is 13.5. The molecule has 4 heteroatoms. The molecule has 1 amide bonds. The minimum absolute atomic E-state index is 0.111. The molecule has 2 N–H and O–H groups in total. The third-order valence-electron chi connectivity index (χ3n) is 3.99. The molecule has 1 aliphatic heterocycles. The van der Waals surface area contributed by atoms with Gasteiger partial charge in [0.15, 0.2) is 0 Å². The van der Waals surface area contributed by atoms with E-state index in [-0.39, 0.29) is 12.0 Å². The Balaban J connectivity index is 1.63. The van der Waals surface area contributed by atoms with Crippen LogP contribution in [0.3, 0.4) is 0 Å². The monoisotopic (exact) mass is 292 g/mol. The maximum atomic E-state index is 12.5. The molecule has 110 valence electrons. The van der Waals surface area contributed by atoms with Gasteiger partial charge in [-0.15, -0.1) is 0 Å². The number of carbonyl (C=O) groups is 1. The van der Waals surface area contributed by atoms with Gasteiger partial charge in [0.2, 0.25) is 0 Å². The van der Waals surface area contributed by atoms with Crippen LogP contribution in [0.5, 0.6) is 5.75 Å². The van der Waals surface area contributed by atoms with Crippen molar-refractivity contribution in [3.8, 4) is 5.75 Å². The van der Waals surface area contributed by atoms with E-state index >= 15 is 0 Å². The van der Waals surface area contributed by atoms with E-state index in [4.69, 9.17) is 4.74 Å². The highest BCUT2D eigenvalue weighted by Crippen LogP contribution is 2.31. The number of hydrogen-bond acceptors (Lipinski definition) is 2. The van der Waals surface area contributed by atoms with Crippen molar-refractivity contribution in [1.82, 2.24) is 4.98 Å². The first-order valence-electron chi connectivity index (χ1n) is 7.38. The minimum Gasteiger partial charge on any atom is -0.490 e. The largest absolute Gasteiger partial charge is 0.490 e. The van der Waals surface area contributed by atoms with Gasteiger partial charge in [0.1, 0.15) is 11.9 Å². The van der Waals surface area contributed by atoms with Gasteiger partial charge in [-0.2, -0.15) is 0 Å². The van der Waals surface area contributed by atoms with E-state index in [0.29, 0.717) is 5.56 Å². The third kappa shape index (κ3) is 2.13. The Morgan fingerprint density at radius 1 is 1.27 bits per heavy atom. The number of para-hydroxylation sites is 1. The molecule has 2 aromatic carbocycles. The summed E-state index contributed by atoms with van der Waals surface area (Å²) in [6.45, 7) is 2.05. The van der Waals surface area contributed by atoms with Gasteiger partial charge in [0.05, 0.1) is 11.1 Å². The maximum absolute atomic E-state index is 12.5. The SMILES string of the molecule is CC1Cc2cc(NC(=O)c3cccc4cc[nH]c34)ccc2O1. The Labute approximate surface area is 128 Å². The lowest BCUT2D eigenvalue weighted by molar-refractivity contribution is 0.102. The fourth-order valence-corrected chi connectivity index (χ4v) is 2.97. The van der Waals surface area contributed by atoms with Crippen molar-refractivity contribution in [2.75, 3.05) is 5.32 Å². The zero-order valence-corrected chi connectivity index (χ0v) is 12.2. The van der Waals surface area contributed by atoms with Crippen LogP contribution in [-0.2, 0) is 6.42 Å². The Morgan fingerprint density at radius 3 is 3.09 bits per heavy atom. The first-order valence-corrected chi connectivity index (χ1v) is 7.38. The highest BCUT2D eigenvalue weighted by atomic mass is 16.5.